The zero-order valence-electron chi connectivity index (χ0n) is 11.2. The monoisotopic (exact) mass is 258 g/mol. The predicted octanol–water partition coefficient (Wildman–Crippen LogP) is 3.68. The normalized spacial score (nSPS) is 10.3. The number of hydrogen-bond donors (Lipinski definition) is 0. The van der Waals surface area contributed by atoms with Gasteiger partial charge in [-0.2, -0.15) is 0 Å². The van der Waals surface area contributed by atoms with Crippen molar-refractivity contribution >= 4 is 5.78 Å². The predicted molar refractivity (Wildman–Crippen MR) is 72.3 cm³/mol. The second-order valence-corrected chi connectivity index (χ2v) is 4.50. The van der Waals surface area contributed by atoms with Crippen LogP contribution in [0.5, 0.6) is 5.75 Å². The molecule has 0 aliphatic carbocycles. The van der Waals surface area contributed by atoms with Gasteiger partial charge < -0.3 is 4.74 Å². The zero-order valence-corrected chi connectivity index (χ0v) is 11.2. The Morgan fingerprint density at radius 1 is 1.11 bits per heavy atom. The maximum atomic E-state index is 13.9. The number of benzene rings is 2. The number of hydrogen-bond acceptors (Lipinski definition) is 2. The fraction of sp³-hybridized carbons (Fsp3) is 0.188. The first-order chi connectivity index (χ1) is 9.02. The van der Waals surface area contributed by atoms with E-state index in [0.717, 1.165) is 5.56 Å². The summed E-state index contributed by atoms with van der Waals surface area (Å²) in [5.74, 6) is -0.117. The van der Waals surface area contributed by atoms with Gasteiger partial charge in [-0.3, -0.25) is 4.79 Å². The molecular weight excluding hydrogens is 243 g/mol. The van der Waals surface area contributed by atoms with Gasteiger partial charge in [0, 0.05) is 5.56 Å². The molecule has 0 radical (unpaired) electrons. The van der Waals surface area contributed by atoms with Crippen LogP contribution in [0.4, 0.5) is 4.39 Å². The lowest BCUT2D eigenvalue weighted by molar-refractivity contribution is 0.103. The summed E-state index contributed by atoms with van der Waals surface area (Å²) in [6.07, 6.45) is 0. The fourth-order valence-corrected chi connectivity index (χ4v) is 2.09. The number of rotatable bonds is 3. The lowest BCUT2D eigenvalue weighted by atomic mass is 9.97. The van der Waals surface area contributed by atoms with Crippen molar-refractivity contribution in [1.82, 2.24) is 0 Å². The van der Waals surface area contributed by atoms with Crippen molar-refractivity contribution in [2.24, 2.45) is 0 Å². The third-order valence-corrected chi connectivity index (χ3v) is 3.01. The van der Waals surface area contributed by atoms with E-state index in [2.05, 4.69) is 0 Å². The first-order valence-corrected chi connectivity index (χ1v) is 5.98. The highest BCUT2D eigenvalue weighted by atomic mass is 19.1. The Morgan fingerprint density at radius 3 is 2.26 bits per heavy atom. The summed E-state index contributed by atoms with van der Waals surface area (Å²) in [6, 6.07) is 9.84. The Kier molecular flexibility index (Phi) is 3.65. The van der Waals surface area contributed by atoms with Gasteiger partial charge in [0.15, 0.2) is 5.78 Å². The SMILES string of the molecule is COc1ccc(C(=O)c2c(C)cc(C)cc2F)cc1. The van der Waals surface area contributed by atoms with Gasteiger partial charge >= 0.3 is 0 Å². The Morgan fingerprint density at radius 2 is 1.74 bits per heavy atom. The van der Waals surface area contributed by atoms with Crippen LogP contribution >= 0.6 is 0 Å². The van der Waals surface area contributed by atoms with Crippen molar-refractivity contribution in [3.8, 4) is 5.75 Å². The Bertz CT molecular complexity index is 592. The van der Waals surface area contributed by atoms with Gasteiger partial charge in [-0.1, -0.05) is 6.07 Å². The van der Waals surface area contributed by atoms with Crippen molar-refractivity contribution in [3.05, 3.63) is 64.5 Å². The van der Waals surface area contributed by atoms with Crippen molar-refractivity contribution in [1.29, 1.82) is 0 Å². The van der Waals surface area contributed by atoms with Crippen LogP contribution in [0.1, 0.15) is 27.0 Å². The van der Waals surface area contributed by atoms with Crippen molar-refractivity contribution < 1.29 is 13.9 Å². The number of carbonyl (C=O) groups excluding carboxylic acids is 1. The molecule has 98 valence electrons. The standard InChI is InChI=1S/C16H15FO2/c1-10-8-11(2)15(14(17)9-10)16(18)12-4-6-13(19-3)7-5-12/h4-9H,1-3H3. The minimum Gasteiger partial charge on any atom is -0.497 e. The lowest BCUT2D eigenvalue weighted by Gasteiger charge is -2.08. The van der Waals surface area contributed by atoms with E-state index in [1.165, 1.54) is 6.07 Å². The summed E-state index contributed by atoms with van der Waals surface area (Å²) in [6.45, 7) is 3.55. The highest BCUT2D eigenvalue weighted by Gasteiger charge is 2.17. The van der Waals surface area contributed by atoms with E-state index in [1.807, 2.05) is 0 Å². The van der Waals surface area contributed by atoms with E-state index in [4.69, 9.17) is 4.74 Å². The second-order valence-electron chi connectivity index (χ2n) is 4.50. The average molecular weight is 258 g/mol. The number of aryl methyl sites for hydroxylation is 2. The van der Waals surface area contributed by atoms with E-state index in [0.29, 0.717) is 16.9 Å². The molecule has 0 saturated carbocycles. The maximum Gasteiger partial charge on any atom is 0.196 e. The molecule has 0 saturated heterocycles. The third-order valence-electron chi connectivity index (χ3n) is 3.01. The molecule has 0 aliphatic rings. The number of carbonyl (C=O) groups is 1. The zero-order chi connectivity index (χ0) is 14.0. The third kappa shape index (κ3) is 2.65. The molecule has 0 aromatic heterocycles. The molecule has 0 heterocycles. The quantitative estimate of drug-likeness (QED) is 0.785. The molecule has 0 fully saturated rings. The van der Waals surface area contributed by atoms with Crippen molar-refractivity contribution in [2.75, 3.05) is 7.11 Å². The molecule has 2 rings (SSSR count). The summed E-state index contributed by atoms with van der Waals surface area (Å²) in [5.41, 5.74) is 2.04. The lowest BCUT2D eigenvalue weighted by Crippen LogP contribution is -2.07. The molecular formula is C16H15FO2. The molecule has 0 unspecified atom stereocenters. The summed E-state index contributed by atoms with van der Waals surface area (Å²) >= 11 is 0. The molecule has 0 amide bonds. The molecule has 2 aromatic rings. The average Bonchev–Trinajstić information content (AvgIpc) is 2.37. The Hall–Kier alpha value is -2.16. The van der Waals surface area contributed by atoms with Crippen molar-refractivity contribution in [2.45, 2.75) is 13.8 Å². The summed E-state index contributed by atoms with van der Waals surface area (Å²) in [5, 5.41) is 0. The summed E-state index contributed by atoms with van der Waals surface area (Å²) in [7, 11) is 1.56. The van der Waals surface area contributed by atoms with Gasteiger partial charge in [-0.15, -0.1) is 0 Å². The van der Waals surface area contributed by atoms with E-state index >= 15 is 0 Å². The van der Waals surface area contributed by atoms with Gasteiger partial charge in [-0.05, 0) is 55.3 Å². The number of ether oxygens (including phenoxy) is 1. The van der Waals surface area contributed by atoms with Gasteiger partial charge in [-0.25, -0.2) is 4.39 Å². The molecule has 0 aliphatic heterocycles. The number of methoxy groups -OCH3 is 1. The topological polar surface area (TPSA) is 26.3 Å². The Balaban J connectivity index is 2.44. The van der Waals surface area contributed by atoms with Gasteiger partial charge in [0.25, 0.3) is 0 Å². The fourth-order valence-electron chi connectivity index (χ4n) is 2.09. The highest BCUT2D eigenvalue weighted by molar-refractivity contribution is 6.10. The van der Waals surface area contributed by atoms with E-state index < -0.39 is 5.82 Å². The first-order valence-electron chi connectivity index (χ1n) is 5.98. The smallest absolute Gasteiger partial charge is 0.196 e. The van der Waals surface area contributed by atoms with Crippen LogP contribution in [0.2, 0.25) is 0 Å². The van der Waals surface area contributed by atoms with Crippen LogP contribution in [0, 0.1) is 19.7 Å². The second kappa shape index (κ2) is 5.22. The molecule has 0 spiro atoms. The number of halogens is 1. The van der Waals surface area contributed by atoms with Crippen LogP contribution < -0.4 is 4.74 Å². The largest absolute Gasteiger partial charge is 0.497 e. The van der Waals surface area contributed by atoms with E-state index in [9.17, 15) is 9.18 Å². The maximum absolute atomic E-state index is 13.9. The summed E-state index contributed by atoms with van der Waals surface area (Å²) < 4.78 is 19.0. The van der Waals surface area contributed by atoms with E-state index in [1.54, 1.807) is 51.3 Å². The molecule has 0 bridgehead atoms. The number of ketones is 1. The van der Waals surface area contributed by atoms with Crippen LogP contribution in [0.3, 0.4) is 0 Å². The molecule has 2 aromatic carbocycles. The molecule has 3 heteroatoms. The Labute approximate surface area is 111 Å². The summed E-state index contributed by atoms with van der Waals surface area (Å²) in [4.78, 5) is 12.3. The van der Waals surface area contributed by atoms with Crippen LogP contribution in [0.15, 0.2) is 36.4 Å². The van der Waals surface area contributed by atoms with Crippen LogP contribution in [-0.2, 0) is 0 Å². The van der Waals surface area contributed by atoms with Gasteiger partial charge in [0.2, 0.25) is 0 Å². The highest BCUT2D eigenvalue weighted by Crippen LogP contribution is 2.21. The minimum atomic E-state index is -0.474. The molecule has 2 nitrogen and oxygen atoms in total. The van der Waals surface area contributed by atoms with Crippen LogP contribution in [-0.4, -0.2) is 12.9 Å². The molecule has 0 N–H and O–H groups in total. The van der Waals surface area contributed by atoms with Crippen molar-refractivity contribution in [3.63, 3.8) is 0 Å². The molecule has 19 heavy (non-hydrogen) atoms. The minimum absolute atomic E-state index is 0.135. The van der Waals surface area contributed by atoms with E-state index in [-0.39, 0.29) is 11.3 Å². The molecule has 0 atom stereocenters. The van der Waals surface area contributed by atoms with Crippen LogP contribution in [0.25, 0.3) is 0 Å². The van der Waals surface area contributed by atoms with Gasteiger partial charge in [0.05, 0.1) is 12.7 Å². The van der Waals surface area contributed by atoms with Gasteiger partial charge in [0.1, 0.15) is 11.6 Å². The first kappa shape index (κ1) is 13.3.